The van der Waals surface area contributed by atoms with Gasteiger partial charge in [0, 0.05) is 24.4 Å². The lowest BCUT2D eigenvalue weighted by Gasteiger charge is -2.44. The molecule has 7 nitrogen and oxygen atoms in total. The molecule has 0 unspecified atom stereocenters. The average molecular weight is 312 g/mol. The quantitative estimate of drug-likeness (QED) is 0.628. The van der Waals surface area contributed by atoms with Crippen LogP contribution in [0.5, 0.6) is 0 Å². The molecule has 0 aromatic rings. The monoisotopic (exact) mass is 312 g/mol. The van der Waals surface area contributed by atoms with Crippen LogP contribution in [0.25, 0.3) is 0 Å². The number of rotatable bonds is 5. The Morgan fingerprint density at radius 1 is 1.52 bits per heavy atom. The van der Waals surface area contributed by atoms with E-state index in [1.807, 2.05) is 0 Å². The molecule has 0 radical (unpaired) electrons. The third-order valence-electron chi connectivity index (χ3n) is 3.46. The van der Waals surface area contributed by atoms with Gasteiger partial charge in [-0.05, 0) is 12.3 Å². The Hall–Kier alpha value is -1.80. The van der Waals surface area contributed by atoms with Crippen molar-refractivity contribution < 1.29 is 24.6 Å². The van der Waals surface area contributed by atoms with Gasteiger partial charge in [0.25, 0.3) is 0 Å². The fourth-order valence-electron chi connectivity index (χ4n) is 2.60. The number of aliphatic carboxylic acids is 1. The predicted molar refractivity (Wildman–Crippen MR) is 75.6 cm³/mol. The van der Waals surface area contributed by atoms with E-state index in [0.29, 0.717) is 11.3 Å². The van der Waals surface area contributed by atoms with Gasteiger partial charge in [0.05, 0.1) is 18.1 Å². The molecule has 2 rings (SSSR count). The fraction of sp³-hybridized carbons (Fsp3) is 0.462. The summed E-state index contributed by atoms with van der Waals surface area (Å²) in [5.74, 6) is -2.28. The molecule has 0 aliphatic carbocycles. The fourth-order valence-corrected chi connectivity index (χ4v) is 3.47. The SMILES string of the molecule is CC(=O)N/C=C/SC1=C(C(=O)O)N2C(=O)[C@H]([C@@H](C)O)[C@H]2C1. The third kappa shape index (κ3) is 2.81. The number of carboxylic acid groups (broad SMARTS) is 1. The zero-order valence-electron chi connectivity index (χ0n) is 11.6. The van der Waals surface area contributed by atoms with Gasteiger partial charge in [-0.15, -0.1) is 0 Å². The minimum absolute atomic E-state index is 0.0284. The number of β-lactam (4-membered cyclic amide) rings is 1. The van der Waals surface area contributed by atoms with Crippen LogP contribution in [0.15, 0.2) is 22.2 Å². The summed E-state index contributed by atoms with van der Waals surface area (Å²) in [5, 5.41) is 22.9. The largest absolute Gasteiger partial charge is 0.477 e. The molecule has 0 aromatic carbocycles. The van der Waals surface area contributed by atoms with Crippen molar-refractivity contribution in [3.05, 3.63) is 22.2 Å². The first-order chi connectivity index (χ1) is 9.84. The lowest BCUT2D eigenvalue weighted by molar-refractivity contribution is -0.161. The van der Waals surface area contributed by atoms with E-state index in [0.717, 1.165) is 11.8 Å². The number of thioether (sulfide) groups is 1. The molecular formula is C13H16N2O5S. The number of hydrogen-bond donors (Lipinski definition) is 3. The van der Waals surface area contributed by atoms with Gasteiger partial charge in [0.2, 0.25) is 11.8 Å². The first kappa shape index (κ1) is 15.6. The molecular weight excluding hydrogens is 296 g/mol. The van der Waals surface area contributed by atoms with Gasteiger partial charge in [-0.25, -0.2) is 4.79 Å². The van der Waals surface area contributed by atoms with Crippen LogP contribution in [0.1, 0.15) is 20.3 Å². The van der Waals surface area contributed by atoms with Crippen LogP contribution in [-0.2, 0) is 14.4 Å². The van der Waals surface area contributed by atoms with Crippen LogP contribution in [0, 0.1) is 5.92 Å². The number of aliphatic hydroxyl groups is 1. The first-order valence-corrected chi connectivity index (χ1v) is 7.29. The van der Waals surface area contributed by atoms with Gasteiger partial charge in [0.15, 0.2) is 0 Å². The molecule has 1 saturated heterocycles. The highest BCUT2D eigenvalue weighted by Gasteiger charge is 2.56. The molecule has 3 atom stereocenters. The predicted octanol–water partition coefficient (Wildman–Crippen LogP) is 0.235. The molecule has 21 heavy (non-hydrogen) atoms. The topological polar surface area (TPSA) is 107 Å². The minimum Gasteiger partial charge on any atom is -0.477 e. The molecule has 114 valence electrons. The lowest BCUT2D eigenvalue weighted by atomic mass is 9.83. The van der Waals surface area contributed by atoms with Crippen LogP contribution in [-0.4, -0.2) is 45.0 Å². The molecule has 0 bridgehead atoms. The molecule has 2 heterocycles. The second-order valence-electron chi connectivity index (χ2n) is 4.94. The average Bonchev–Trinajstić information content (AvgIpc) is 2.68. The summed E-state index contributed by atoms with van der Waals surface area (Å²) in [4.78, 5) is 35.8. The van der Waals surface area contributed by atoms with Crippen molar-refractivity contribution in [1.82, 2.24) is 10.2 Å². The summed E-state index contributed by atoms with van der Waals surface area (Å²) in [7, 11) is 0. The van der Waals surface area contributed by atoms with E-state index >= 15 is 0 Å². The molecule has 2 aliphatic heterocycles. The Bertz CT molecular complexity index is 555. The van der Waals surface area contributed by atoms with Crippen molar-refractivity contribution in [2.24, 2.45) is 5.92 Å². The van der Waals surface area contributed by atoms with Gasteiger partial charge in [-0.1, -0.05) is 11.8 Å². The molecule has 8 heteroatoms. The van der Waals surface area contributed by atoms with E-state index in [4.69, 9.17) is 0 Å². The van der Waals surface area contributed by atoms with Crippen LogP contribution in [0.4, 0.5) is 0 Å². The normalized spacial score (nSPS) is 25.9. The van der Waals surface area contributed by atoms with Crippen LogP contribution in [0.2, 0.25) is 0 Å². The molecule has 0 aromatic heterocycles. The van der Waals surface area contributed by atoms with Crippen molar-refractivity contribution in [2.45, 2.75) is 32.4 Å². The van der Waals surface area contributed by atoms with Crippen LogP contribution < -0.4 is 5.32 Å². The number of nitrogens with zero attached hydrogens (tertiary/aromatic N) is 1. The summed E-state index contributed by atoms with van der Waals surface area (Å²) < 4.78 is 0. The van der Waals surface area contributed by atoms with Gasteiger partial charge < -0.3 is 20.4 Å². The summed E-state index contributed by atoms with van der Waals surface area (Å²) in [6, 6.07) is -0.291. The number of aliphatic hydroxyl groups excluding tert-OH is 1. The Kier molecular flexibility index (Phi) is 4.38. The number of carbonyl (C=O) groups excluding carboxylic acids is 2. The van der Waals surface area contributed by atoms with E-state index < -0.39 is 18.0 Å². The zero-order valence-corrected chi connectivity index (χ0v) is 12.4. The highest BCUT2D eigenvalue weighted by atomic mass is 32.2. The molecule has 0 spiro atoms. The lowest BCUT2D eigenvalue weighted by Crippen LogP contribution is -2.61. The number of carboxylic acids is 1. The summed E-state index contributed by atoms with van der Waals surface area (Å²) in [5.41, 5.74) is -0.0284. The molecule has 3 N–H and O–H groups in total. The van der Waals surface area contributed by atoms with E-state index in [1.54, 1.807) is 5.41 Å². The van der Waals surface area contributed by atoms with E-state index in [2.05, 4.69) is 5.32 Å². The Balaban J connectivity index is 2.13. The Morgan fingerprint density at radius 2 is 2.19 bits per heavy atom. The number of hydrogen-bond acceptors (Lipinski definition) is 5. The standard InChI is InChI=1S/C13H16N2O5S/c1-6(16)10-8-5-9(21-4-3-14-7(2)17)11(13(19)20)15(8)12(10)18/h3-4,6,8,10,16H,5H2,1-2H3,(H,14,17)(H,19,20)/b4-3+/t6-,8-,10-/m1/s1. The van der Waals surface area contributed by atoms with Gasteiger partial charge in [-0.2, -0.15) is 0 Å². The van der Waals surface area contributed by atoms with Gasteiger partial charge in [0.1, 0.15) is 5.70 Å². The number of amides is 2. The highest BCUT2D eigenvalue weighted by molar-refractivity contribution is 8.05. The van der Waals surface area contributed by atoms with Crippen molar-refractivity contribution in [1.29, 1.82) is 0 Å². The molecule has 1 fully saturated rings. The van der Waals surface area contributed by atoms with E-state index in [9.17, 15) is 24.6 Å². The van der Waals surface area contributed by atoms with E-state index in [-0.39, 0.29) is 23.6 Å². The Morgan fingerprint density at radius 3 is 2.71 bits per heavy atom. The smallest absolute Gasteiger partial charge is 0.353 e. The maximum Gasteiger partial charge on any atom is 0.353 e. The molecule has 2 aliphatic rings. The van der Waals surface area contributed by atoms with Crippen molar-refractivity contribution in [3.63, 3.8) is 0 Å². The maximum absolute atomic E-state index is 11.9. The first-order valence-electron chi connectivity index (χ1n) is 6.41. The minimum atomic E-state index is -1.16. The van der Waals surface area contributed by atoms with Crippen LogP contribution in [0.3, 0.4) is 0 Å². The molecule has 0 saturated carbocycles. The number of fused-ring (bicyclic) bond motifs is 1. The second-order valence-corrected chi connectivity index (χ2v) is 5.94. The third-order valence-corrected chi connectivity index (χ3v) is 4.37. The maximum atomic E-state index is 11.9. The zero-order chi connectivity index (χ0) is 15.7. The second kappa shape index (κ2) is 5.90. The van der Waals surface area contributed by atoms with Crippen molar-refractivity contribution >= 4 is 29.5 Å². The van der Waals surface area contributed by atoms with Crippen LogP contribution >= 0.6 is 11.8 Å². The van der Waals surface area contributed by atoms with Crippen molar-refractivity contribution in [3.8, 4) is 0 Å². The molecule has 2 amide bonds. The summed E-state index contributed by atoms with van der Waals surface area (Å²) in [6.45, 7) is 2.90. The van der Waals surface area contributed by atoms with Gasteiger partial charge in [-0.3, -0.25) is 9.59 Å². The van der Waals surface area contributed by atoms with Gasteiger partial charge >= 0.3 is 5.97 Å². The number of carbonyl (C=O) groups is 3. The Labute approximate surface area is 125 Å². The summed E-state index contributed by atoms with van der Waals surface area (Å²) in [6.07, 6.45) is 1.02. The summed E-state index contributed by atoms with van der Waals surface area (Å²) >= 11 is 1.15. The number of nitrogens with one attached hydrogen (secondary N) is 1. The van der Waals surface area contributed by atoms with E-state index in [1.165, 1.54) is 24.9 Å². The van der Waals surface area contributed by atoms with Crippen molar-refractivity contribution in [2.75, 3.05) is 0 Å². The highest BCUT2D eigenvalue weighted by Crippen LogP contribution is 2.47.